The summed E-state index contributed by atoms with van der Waals surface area (Å²) in [7, 11) is 0. The summed E-state index contributed by atoms with van der Waals surface area (Å²) in [5.74, 6) is 0.329. The van der Waals surface area contributed by atoms with Crippen LogP contribution in [0.5, 0.6) is 5.75 Å². The van der Waals surface area contributed by atoms with E-state index in [9.17, 15) is 9.90 Å². The Balaban J connectivity index is 1.93. The van der Waals surface area contributed by atoms with E-state index in [4.69, 9.17) is 11.6 Å². The molecule has 0 radical (unpaired) electrons. The molecule has 0 spiro atoms. The summed E-state index contributed by atoms with van der Waals surface area (Å²) in [5.41, 5.74) is 0.997. The third-order valence-corrected chi connectivity index (χ3v) is 3.38. The van der Waals surface area contributed by atoms with E-state index in [2.05, 4.69) is 4.90 Å². The van der Waals surface area contributed by atoms with Crippen molar-refractivity contribution in [3.05, 3.63) is 28.8 Å². The van der Waals surface area contributed by atoms with Crippen LogP contribution in [0.25, 0.3) is 0 Å². The van der Waals surface area contributed by atoms with Crippen LogP contribution in [0.15, 0.2) is 18.2 Å². The van der Waals surface area contributed by atoms with E-state index >= 15 is 0 Å². The predicted molar refractivity (Wildman–Crippen MR) is 70.6 cm³/mol. The molecule has 0 aromatic heterocycles. The van der Waals surface area contributed by atoms with Crippen molar-refractivity contribution < 1.29 is 9.90 Å². The molecule has 4 nitrogen and oxygen atoms in total. The van der Waals surface area contributed by atoms with Crippen LogP contribution in [-0.2, 0) is 11.3 Å². The number of phenols is 1. The summed E-state index contributed by atoms with van der Waals surface area (Å²) in [4.78, 5) is 15.3. The number of nitrogens with zero attached hydrogens (tertiary/aromatic N) is 2. The molecule has 98 valence electrons. The first kappa shape index (κ1) is 13.2. The van der Waals surface area contributed by atoms with Gasteiger partial charge in [0.15, 0.2) is 0 Å². The van der Waals surface area contributed by atoms with Crippen LogP contribution in [0, 0.1) is 0 Å². The van der Waals surface area contributed by atoms with Gasteiger partial charge in [-0.1, -0.05) is 11.6 Å². The summed E-state index contributed by atoms with van der Waals surface area (Å²) in [6.45, 7) is 5.59. The first-order valence-corrected chi connectivity index (χ1v) is 6.39. The smallest absolute Gasteiger partial charge is 0.219 e. The van der Waals surface area contributed by atoms with Gasteiger partial charge >= 0.3 is 0 Å². The second-order valence-corrected chi connectivity index (χ2v) is 5.04. The molecule has 1 N–H and O–H groups in total. The Kier molecular flexibility index (Phi) is 4.09. The van der Waals surface area contributed by atoms with Gasteiger partial charge in [-0.05, 0) is 23.8 Å². The SMILES string of the molecule is CC(=O)N1CCN(Cc2cc(O)cc(Cl)c2)CC1. The van der Waals surface area contributed by atoms with Crippen LogP contribution in [-0.4, -0.2) is 47.0 Å². The van der Waals surface area contributed by atoms with Crippen molar-refractivity contribution in [2.45, 2.75) is 13.5 Å². The minimum Gasteiger partial charge on any atom is -0.508 e. The number of carbonyl (C=O) groups is 1. The van der Waals surface area contributed by atoms with Gasteiger partial charge in [-0.25, -0.2) is 0 Å². The number of halogens is 1. The molecule has 0 atom stereocenters. The van der Waals surface area contributed by atoms with Gasteiger partial charge in [-0.15, -0.1) is 0 Å². The van der Waals surface area contributed by atoms with Gasteiger partial charge in [-0.2, -0.15) is 0 Å². The number of rotatable bonds is 2. The van der Waals surface area contributed by atoms with Crippen LogP contribution < -0.4 is 0 Å². The van der Waals surface area contributed by atoms with Gasteiger partial charge in [0, 0.05) is 44.7 Å². The number of hydrogen-bond acceptors (Lipinski definition) is 3. The molecule has 0 bridgehead atoms. The lowest BCUT2D eigenvalue weighted by Crippen LogP contribution is -2.47. The molecule has 1 heterocycles. The van der Waals surface area contributed by atoms with E-state index in [-0.39, 0.29) is 11.7 Å². The van der Waals surface area contributed by atoms with E-state index in [1.54, 1.807) is 13.0 Å². The molecular weight excluding hydrogens is 252 g/mol. The van der Waals surface area contributed by atoms with E-state index in [1.165, 1.54) is 6.07 Å². The Labute approximate surface area is 112 Å². The summed E-state index contributed by atoms with van der Waals surface area (Å²) in [6, 6.07) is 5.11. The highest BCUT2D eigenvalue weighted by Crippen LogP contribution is 2.21. The van der Waals surface area contributed by atoms with Gasteiger partial charge < -0.3 is 10.0 Å². The van der Waals surface area contributed by atoms with Crippen LogP contribution in [0.2, 0.25) is 5.02 Å². The van der Waals surface area contributed by atoms with Crippen molar-refractivity contribution in [3.63, 3.8) is 0 Å². The molecule has 1 saturated heterocycles. The van der Waals surface area contributed by atoms with Crippen LogP contribution in [0.4, 0.5) is 0 Å². The Morgan fingerprint density at radius 3 is 2.50 bits per heavy atom. The zero-order valence-electron chi connectivity index (χ0n) is 10.4. The second-order valence-electron chi connectivity index (χ2n) is 4.60. The Hall–Kier alpha value is -1.26. The van der Waals surface area contributed by atoms with E-state index in [1.807, 2.05) is 11.0 Å². The fourth-order valence-corrected chi connectivity index (χ4v) is 2.46. The maximum atomic E-state index is 11.2. The normalized spacial score (nSPS) is 16.9. The summed E-state index contributed by atoms with van der Waals surface area (Å²) < 4.78 is 0. The van der Waals surface area contributed by atoms with Crippen molar-refractivity contribution in [2.75, 3.05) is 26.2 Å². The predicted octanol–water partition coefficient (Wildman–Crippen LogP) is 1.71. The Morgan fingerprint density at radius 1 is 1.28 bits per heavy atom. The Bertz CT molecular complexity index is 422. The quantitative estimate of drug-likeness (QED) is 0.888. The molecule has 1 aliphatic heterocycles. The number of phenolic OH excluding ortho intramolecular Hbond substituents is 1. The average molecular weight is 269 g/mol. The van der Waals surface area contributed by atoms with Crippen molar-refractivity contribution >= 4 is 17.5 Å². The summed E-state index contributed by atoms with van der Waals surface area (Å²) in [5, 5.41) is 10.0. The first-order chi connectivity index (χ1) is 8.54. The van der Waals surface area contributed by atoms with Crippen LogP contribution >= 0.6 is 11.6 Å². The van der Waals surface area contributed by atoms with Crippen molar-refractivity contribution in [2.24, 2.45) is 0 Å². The zero-order valence-corrected chi connectivity index (χ0v) is 11.2. The number of hydrogen-bond donors (Lipinski definition) is 1. The van der Waals surface area contributed by atoms with E-state index < -0.39 is 0 Å². The maximum Gasteiger partial charge on any atom is 0.219 e. The topological polar surface area (TPSA) is 43.8 Å². The van der Waals surface area contributed by atoms with Crippen molar-refractivity contribution in [1.29, 1.82) is 0 Å². The number of piperazine rings is 1. The molecule has 0 unspecified atom stereocenters. The number of carbonyl (C=O) groups excluding carboxylic acids is 1. The molecule has 5 heteroatoms. The van der Waals surface area contributed by atoms with Gasteiger partial charge in [-0.3, -0.25) is 9.69 Å². The molecule has 0 aliphatic carbocycles. The fraction of sp³-hybridized carbons (Fsp3) is 0.462. The first-order valence-electron chi connectivity index (χ1n) is 6.01. The molecule has 0 saturated carbocycles. The third kappa shape index (κ3) is 3.37. The maximum absolute atomic E-state index is 11.2. The molecule has 1 aromatic carbocycles. The van der Waals surface area contributed by atoms with Gasteiger partial charge in [0.05, 0.1) is 0 Å². The van der Waals surface area contributed by atoms with E-state index in [0.29, 0.717) is 5.02 Å². The monoisotopic (exact) mass is 268 g/mol. The highest BCUT2D eigenvalue weighted by molar-refractivity contribution is 6.30. The molecule has 18 heavy (non-hydrogen) atoms. The highest BCUT2D eigenvalue weighted by atomic mass is 35.5. The van der Waals surface area contributed by atoms with Gasteiger partial charge in [0.25, 0.3) is 0 Å². The standard InChI is InChI=1S/C13H17ClN2O2/c1-10(17)16-4-2-15(3-5-16)9-11-6-12(14)8-13(18)7-11/h6-8,18H,2-5,9H2,1H3. The van der Waals surface area contributed by atoms with Gasteiger partial charge in [0.1, 0.15) is 5.75 Å². The minimum atomic E-state index is 0.134. The minimum absolute atomic E-state index is 0.134. The summed E-state index contributed by atoms with van der Waals surface area (Å²) in [6.07, 6.45) is 0. The lowest BCUT2D eigenvalue weighted by Gasteiger charge is -2.34. The van der Waals surface area contributed by atoms with Crippen molar-refractivity contribution in [3.8, 4) is 5.75 Å². The molecule has 1 fully saturated rings. The van der Waals surface area contributed by atoms with Crippen molar-refractivity contribution in [1.82, 2.24) is 9.80 Å². The van der Waals surface area contributed by atoms with Crippen LogP contribution in [0.1, 0.15) is 12.5 Å². The Morgan fingerprint density at radius 2 is 1.94 bits per heavy atom. The van der Waals surface area contributed by atoms with E-state index in [0.717, 1.165) is 38.3 Å². The third-order valence-electron chi connectivity index (χ3n) is 3.17. The zero-order chi connectivity index (χ0) is 13.1. The molecular formula is C13H17ClN2O2. The molecule has 1 aliphatic rings. The van der Waals surface area contributed by atoms with Gasteiger partial charge in [0.2, 0.25) is 5.91 Å². The summed E-state index contributed by atoms with van der Waals surface area (Å²) >= 11 is 5.90. The number of aromatic hydroxyl groups is 1. The second kappa shape index (κ2) is 5.59. The number of amides is 1. The molecule has 2 rings (SSSR count). The highest BCUT2D eigenvalue weighted by Gasteiger charge is 2.18. The lowest BCUT2D eigenvalue weighted by atomic mass is 10.2. The molecule has 1 amide bonds. The average Bonchev–Trinajstić information content (AvgIpc) is 2.28. The largest absolute Gasteiger partial charge is 0.508 e. The molecule has 1 aromatic rings. The fourth-order valence-electron chi connectivity index (χ4n) is 2.20. The van der Waals surface area contributed by atoms with Crippen LogP contribution in [0.3, 0.4) is 0 Å². The lowest BCUT2D eigenvalue weighted by molar-refractivity contribution is -0.130. The number of benzene rings is 1.